The van der Waals surface area contributed by atoms with Gasteiger partial charge in [0.25, 0.3) is 0 Å². The smallest absolute Gasteiger partial charge is 0.341 e. The van der Waals surface area contributed by atoms with E-state index in [4.69, 9.17) is 4.74 Å². The molecule has 0 unspecified atom stereocenters. The van der Waals surface area contributed by atoms with Crippen LogP contribution in [-0.2, 0) is 0 Å². The maximum absolute atomic E-state index is 14.8. The molecule has 0 bridgehead atoms. The summed E-state index contributed by atoms with van der Waals surface area (Å²) in [5.74, 6) is -1.71. The van der Waals surface area contributed by atoms with Crippen molar-refractivity contribution in [2.75, 3.05) is 31.1 Å². The largest absolute Gasteiger partial charge is 0.477 e. The van der Waals surface area contributed by atoms with Crippen LogP contribution < -0.4 is 20.4 Å². The summed E-state index contributed by atoms with van der Waals surface area (Å²) in [6.45, 7) is 2.66. The van der Waals surface area contributed by atoms with Crippen LogP contribution in [0.1, 0.15) is 10.4 Å². The molecule has 1 fully saturated rings. The lowest BCUT2D eigenvalue weighted by molar-refractivity contribution is 0.0695. The van der Waals surface area contributed by atoms with Gasteiger partial charge in [0, 0.05) is 38.6 Å². The summed E-state index contributed by atoms with van der Waals surface area (Å²) in [6, 6.07) is 1.10. The molecule has 2 aromatic rings. The number of ether oxygens (including phenoxy) is 1. The highest BCUT2D eigenvalue weighted by molar-refractivity contribution is 5.98. The average Bonchev–Trinajstić information content (AvgIpc) is 2.58. The minimum atomic E-state index is -1.35. The zero-order valence-electron chi connectivity index (χ0n) is 12.6. The standard InChI is InChI=1S/C16H14FN3O4/c17-11-7-9-12-15(13(11)19-3-1-18-2-4-19)24-6-5-20(12)8-10(14(9)21)16(22)23/h5-8,18H,1-4H2,(H,22,23). The minimum absolute atomic E-state index is 0.00867. The molecule has 0 amide bonds. The van der Waals surface area contributed by atoms with Gasteiger partial charge in [-0.1, -0.05) is 0 Å². The monoisotopic (exact) mass is 331 g/mol. The van der Waals surface area contributed by atoms with Gasteiger partial charge in [-0.15, -0.1) is 0 Å². The van der Waals surface area contributed by atoms with Crippen LogP contribution in [0.3, 0.4) is 0 Å². The molecule has 0 spiro atoms. The van der Waals surface area contributed by atoms with Gasteiger partial charge in [-0.25, -0.2) is 9.18 Å². The van der Waals surface area contributed by atoms with E-state index in [-0.39, 0.29) is 11.1 Å². The van der Waals surface area contributed by atoms with Gasteiger partial charge in [0.1, 0.15) is 23.0 Å². The molecule has 0 aliphatic carbocycles. The summed E-state index contributed by atoms with van der Waals surface area (Å²) in [4.78, 5) is 25.5. The third kappa shape index (κ3) is 2.07. The molecule has 4 rings (SSSR count). The summed E-state index contributed by atoms with van der Waals surface area (Å²) >= 11 is 0. The van der Waals surface area contributed by atoms with Crippen molar-refractivity contribution in [3.05, 3.63) is 40.1 Å². The van der Waals surface area contributed by atoms with E-state index in [0.29, 0.717) is 24.3 Å². The predicted octanol–water partition coefficient (Wildman–Crippen LogP) is 1.07. The van der Waals surface area contributed by atoms with Gasteiger partial charge >= 0.3 is 5.97 Å². The highest BCUT2D eigenvalue weighted by Crippen LogP contribution is 2.40. The molecule has 0 saturated carbocycles. The van der Waals surface area contributed by atoms with Crippen molar-refractivity contribution >= 4 is 28.8 Å². The van der Waals surface area contributed by atoms with Crippen LogP contribution in [0.25, 0.3) is 17.1 Å². The van der Waals surface area contributed by atoms with E-state index in [1.54, 1.807) is 0 Å². The SMILES string of the molecule is O=C(O)c1cn2c3c(c(N4CCNCC4)c(F)cc3c1=O)OC=C2. The predicted molar refractivity (Wildman–Crippen MR) is 86.2 cm³/mol. The number of anilines is 1. The van der Waals surface area contributed by atoms with Crippen molar-refractivity contribution in [1.29, 1.82) is 0 Å². The molecule has 1 aromatic heterocycles. The number of piperazine rings is 1. The summed E-state index contributed by atoms with van der Waals surface area (Å²) in [5, 5.41) is 12.4. The molecule has 0 radical (unpaired) electrons. The Labute approximate surface area is 135 Å². The van der Waals surface area contributed by atoms with Crippen molar-refractivity contribution in [3.8, 4) is 5.75 Å². The Hall–Kier alpha value is -2.87. The number of hydrogen-bond acceptors (Lipinski definition) is 5. The molecule has 1 aromatic carbocycles. The lowest BCUT2D eigenvalue weighted by Crippen LogP contribution is -2.44. The molecule has 2 aliphatic rings. The Balaban J connectivity index is 2.05. The molecule has 7 nitrogen and oxygen atoms in total. The summed E-state index contributed by atoms with van der Waals surface area (Å²) in [6.07, 6.45) is 4.08. The Morgan fingerprint density at radius 3 is 2.79 bits per heavy atom. The number of carboxylic acid groups (broad SMARTS) is 1. The van der Waals surface area contributed by atoms with E-state index in [9.17, 15) is 19.1 Å². The number of halogens is 1. The second-order valence-corrected chi connectivity index (χ2v) is 5.66. The number of aromatic nitrogens is 1. The van der Waals surface area contributed by atoms with E-state index in [1.807, 2.05) is 4.90 Å². The number of carbonyl (C=O) groups is 1. The number of nitrogens with one attached hydrogen (secondary N) is 1. The van der Waals surface area contributed by atoms with Crippen LogP contribution in [0.15, 0.2) is 23.3 Å². The third-order valence-corrected chi connectivity index (χ3v) is 4.27. The van der Waals surface area contributed by atoms with Crippen LogP contribution in [0, 0.1) is 5.82 Å². The van der Waals surface area contributed by atoms with Crippen molar-refractivity contribution in [2.24, 2.45) is 0 Å². The van der Waals surface area contributed by atoms with Crippen LogP contribution in [0.2, 0.25) is 0 Å². The molecule has 0 atom stereocenters. The normalized spacial score (nSPS) is 16.3. The maximum atomic E-state index is 14.8. The fraction of sp³-hybridized carbons (Fsp3) is 0.250. The first-order valence-corrected chi connectivity index (χ1v) is 7.51. The first kappa shape index (κ1) is 14.7. The van der Waals surface area contributed by atoms with E-state index in [0.717, 1.165) is 19.2 Å². The highest BCUT2D eigenvalue weighted by atomic mass is 19.1. The van der Waals surface area contributed by atoms with E-state index in [2.05, 4.69) is 5.32 Å². The zero-order chi connectivity index (χ0) is 16.8. The minimum Gasteiger partial charge on any atom is -0.477 e. The average molecular weight is 331 g/mol. The van der Waals surface area contributed by atoms with Gasteiger partial charge in [-0.3, -0.25) is 4.79 Å². The fourth-order valence-electron chi connectivity index (χ4n) is 3.17. The molecule has 3 heterocycles. The number of carboxylic acids is 1. The molecular weight excluding hydrogens is 317 g/mol. The van der Waals surface area contributed by atoms with Crippen LogP contribution in [0.5, 0.6) is 5.75 Å². The Kier molecular flexibility index (Phi) is 3.27. The quantitative estimate of drug-likeness (QED) is 0.856. The van der Waals surface area contributed by atoms with Gasteiger partial charge in [0.2, 0.25) is 5.43 Å². The van der Waals surface area contributed by atoms with Gasteiger partial charge < -0.3 is 24.6 Å². The van der Waals surface area contributed by atoms with E-state index < -0.39 is 22.8 Å². The van der Waals surface area contributed by atoms with Gasteiger partial charge in [0.15, 0.2) is 11.6 Å². The number of rotatable bonds is 2. The molecule has 2 N–H and O–H groups in total. The van der Waals surface area contributed by atoms with Crippen molar-refractivity contribution < 1.29 is 19.0 Å². The molecule has 2 aliphatic heterocycles. The molecule has 124 valence electrons. The van der Waals surface area contributed by atoms with E-state index >= 15 is 0 Å². The van der Waals surface area contributed by atoms with Crippen LogP contribution >= 0.6 is 0 Å². The number of pyridine rings is 1. The number of benzene rings is 1. The lowest BCUT2D eigenvalue weighted by atomic mass is 10.1. The highest BCUT2D eigenvalue weighted by Gasteiger charge is 2.27. The van der Waals surface area contributed by atoms with Crippen LogP contribution in [-0.4, -0.2) is 41.8 Å². The summed E-state index contributed by atoms with van der Waals surface area (Å²) < 4.78 is 21.8. The second-order valence-electron chi connectivity index (χ2n) is 5.66. The first-order chi connectivity index (χ1) is 11.6. The van der Waals surface area contributed by atoms with Crippen molar-refractivity contribution in [2.45, 2.75) is 0 Å². The lowest BCUT2D eigenvalue weighted by Gasteiger charge is -2.32. The molecule has 1 saturated heterocycles. The van der Waals surface area contributed by atoms with Crippen molar-refractivity contribution in [3.63, 3.8) is 0 Å². The molecule has 8 heteroatoms. The Bertz CT molecular complexity index is 945. The fourth-order valence-corrected chi connectivity index (χ4v) is 3.17. The Morgan fingerprint density at radius 2 is 2.08 bits per heavy atom. The number of nitrogens with zero attached hydrogens (tertiary/aromatic N) is 2. The molecule has 24 heavy (non-hydrogen) atoms. The van der Waals surface area contributed by atoms with Gasteiger partial charge in [0.05, 0.1) is 5.39 Å². The topological polar surface area (TPSA) is 83.8 Å². The van der Waals surface area contributed by atoms with Gasteiger partial charge in [-0.05, 0) is 6.07 Å². The number of aromatic carboxylic acids is 1. The maximum Gasteiger partial charge on any atom is 0.341 e. The zero-order valence-corrected chi connectivity index (χ0v) is 12.6. The van der Waals surface area contributed by atoms with Gasteiger partial charge in [-0.2, -0.15) is 0 Å². The first-order valence-electron chi connectivity index (χ1n) is 7.51. The summed E-state index contributed by atoms with van der Waals surface area (Å²) in [5.41, 5.74) is -0.457. The van der Waals surface area contributed by atoms with Crippen molar-refractivity contribution in [1.82, 2.24) is 9.88 Å². The Morgan fingerprint density at radius 1 is 1.33 bits per heavy atom. The van der Waals surface area contributed by atoms with E-state index in [1.165, 1.54) is 23.2 Å². The summed E-state index contributed by atoms with van der Waals surface area (Å²) in [7, 11) is 0. The second kappa shape index (κ2) is 5.34. The number of hydrogen-bond donors (Lipinski definition) is 2. The van der Waals surface area contributed by atoms with Crippen LogP contribution in [0.4, 0.5) is 10.1 Å². The molecular formula is C16H14FN3O4. The third-order valence-electron chi connectivity index (χ3n) is 4.27.